The Morgan fingerprint density at radius 3 is 2.43 bits per heavy atom. The van der Waals surface area contributed by atoms with Crippen molar-refractivity contribution in [2.45, 2.75) is 6.18 Å². The first-order valence-electron chi connectivity index (χ1n) is 8.61. The molecule has 154 valence electrons. The molecule has 0 atom stereocenters. The minimum absolute atomic E-state index is 0.0100. The van der Waals surface area contributed by atoms with Crippen molar-refractivity contribution in [3.8, 4) is 11.5 Å². The summed E-state index contributed by atoms with van der Waals surface area (Å²) in [6.45, 7) is 0. The average Bonchev–Trinajstić information content (AvgIpc) is 2.70. The first kappa shape index (κ1) is 21.6. The molecule has 30 heavy (non-hydrogen) atoms. The van der Waals surface area contributed by atoms with Crippen LogP contribution in [0, 0.1) is 0 Å². The lowest BCUT2D eigenvalue weighted by atomic mass is 10.2. The van der Waals surface area contributed by atoms with E-state index in [0.29, 0.717) is 11.5 Å². The second-order valence-electron chi connectivity index (χ2n) is 6.00. The number of alkyl halides is 3. The van der Waals surface area contributed by atoms with E-state index in [9.17, 15) is 13.2 Å². The van der Waals surface area contributed by atoms with Crippen LogP contribution >= 0.6 is 23.8 Å². The molecule has 0 aromatic heterocycles. The second-order valence-corrected chi connectivity index (χ2v) is 6.82. The Hall–Kier alpha value is -3.10. The van der Waals surface area contributed by atoms with Gasteiger partial charge in [0.25, 0.3) is 0 Å². The fourth-order valence-corrected chi connectivity index (χ4v) is 2.72. The zero-order chi connectivity index (χ0) is 21.6. The van der Waals surface area contributed by atoms with Gasteiger partial charge in [0.1, 0.15) is 11.5 Å². The predicted molar refractivity (Wildman–Crippen MR) is 116 cm³/mol. The fraction of sp³-hybridized carbons (Fsp3) is 0.0476. The summed E-state index contributed by atoms with van der Waals surface area (Å²) in [6, 6.07) is 19.4. The summed E-state index contributed by atoms with van der Waals surface area (Å²) >= 11 is 11.0. The molecule has 9 heteroatoms. The smallest absolute Gasteiger partial charge is 0.416 e. The topological polar surface area (TPSA) is 45.7 Å². The Balaban J connectivity index is 1.61. The lowest BCUT2D eigenvalue weighted by Gasteiger charge is -2.12. The SMILES string of the molecule is FC(F)(F)c1ccc(Cl)c(NC(=S)N/N=C/c2cccc(Oc3ccccc3)c2)c1. The Labute approximate surface area is 181 Å². The summed E-state index contributed by atoms with van der Waals surface area (Å²) in [5.74, 6) is 1.33. The van der Waals surface area contributed by atoms with Crippen LogP contribution in [-0.4, -0.2) is 11.3 Å². The molecule has 3 aromatic carbocycles. The summed E-state index contributed by atoms with van der Waals surface area (Å²) in [6.07, 6.45) is -2.99. The lowest BCUT2D eigenvalue weighted by Crippen LogP contribution is -2.24. The van der Waals surface area contributed by atoms with Gasteiger partial charge < -0.3 is 10.1 Å². The largest absolute Gasteiger partial charge is 0.457 e. The van der Waals surface area contributed by atoms with Gasteiger partial charge in [0.2, 0.25) is 0 Å². The van der Waals surface area contributed by atoms with E-state index in [4.69, 9.17) is 28.6 Å². The number of rotatable bonds is 5. The summed E-state index contributed by atoms with van der Waals surface area (Å²) in [4.78, 5) is 0. The van der Waals surface area contributed by atoms with Crippen molar-refractivity contribution in [1.29, 1.82) is 0 Å². The molecule has 3 rings (SSSR count). The Morgan fingerprint density at radius 2 is 1.70 bits per heavy atom. The van der Waals surface area contributed by atoms with E-state index in [1.165, 1.54) is 6.21 Å². The van der Waals surface area contributed by atoms with Crippen molar-refractivity contribution >= 4 is 40.8 Å². The third-order valence-electron chi connectivity index (χ3n) is 3.76. The van der Waals surface area contributed by atoms with Gasteiger partial charge in [-0.1, -0.05) is 41.9 Å². The number of halogens is 4. The van der Waals surface area contributed by atoms with E-state index in [1.807, 2.05) is 36.4 Å². The number of para-hydroxylation sites is 1. The molecule has 0 fully saturated rings. The zero-order valence-electron chi connectivity index (χ0n) is 15.3. The highest BCUT2D eigenvalue weighted by molar-refractivity contribution is 7.80. The maximum atomic E-state index is 12.8. The van der Waals surface area contributed by atoms with Gasteiger partial charge >= 0.3 is 6.18 Å². The minimum atomic E-state index is -4.49. The summed E-state index contributed by atoms with van der Waals surface area (Å²) in [7, 11) is 0. The van der Waals surface area contributed by atoms with Crippen LogP contribution in [-0.2, 0) is 6.18 Å². The molecule has 0 radical (unpaired) electrons. The maximum Gasteiger partial charge on any atom is 0.416 e. The highest BCUT2D eigenvalue weighted by Gasteiger charge is 2.31. The number of thiocarbonyl (C=S) groups is 1. The molecule has 0 aliphatic carbocycles. The fourth-order valence-electron chi connectivity index (χ4n) is 2.40. The molecule has 0 aliphatic rings. The number of nitrogens with one attached hydrogen (secondary N) is 2. The number of anilines is 1. The standard InChI is InChI=1S/C21H15ClF3N3OS/c22-18-10-9-15(21(23,24)25)12-19(18)27-20(30)28-26-13-14-5-4-8-17(11-14)29-16-6-2-1-3-7-16/h1-13H,(H2,27,28,30)/b26-13+. The quantitative estimate of drug-likeness (QED) is 0.266. The number of ether oxygens (including phenoxy) is 1. The van der Waals surface area contributed by atoms with Gasteiger partial charge in [-0.05, 0) is 60.2 Å². The first-order chi connectivity index (χ1) is 14.3. The van der Waals surface area contributed by atoms with Crippen LogP contribution in [0.4, 0.5) is 18.9 Å². The van der Waals surface area contributed by atoms with Crippen LogP contribution in [0.2, 0.25) is 5.02 Å². The van der Waals surface area contributed by atoms with E-state index in [2.05, 4.69) is 15.8 Å². The van der Waals surface area contributed by atoms with E-state index < -0.39 is 11.7 Å². The molecule has 0 saturated heterocycles. The van der Waals surface area contributed by atoms with Gasteiger partial charge in [-0.2, -0.15) is 18.3 Å². The molecule has 0 bridgehead atoms. The highest BCUT2D eigenvalue weighted by atomic mass is 35.5. The highest BCUT2D eigenvalue weighted by Crippen LogP contribution is 2.33. The van der Waals surface area contributed by atoms with Crippen molar-refractivity contribution in [3.05, 3.63) is 88.9 Å². The van der Waals surface area contributed by atoms with Gasteiger partial charge in [-0.3, -0.25) is 5.43 Å². The van der Waals surface area contributed by atoms with Crippen molar-refractivity contribution in [2.75, 3.05) is 5.32 Å². The molecule has 0 spiro atoms. The number of hydrazone groups is 1. The van der Waals surface area contributed by atoms with Crippen LogP contribution in [0.3, 0.4) is 0 Å². The van der Waals surface area contributed by atoms with Gasteiger partial charge in [-0.15, -0.1) is 0 Å². The minimum Gasteiger partial charge on any atom is -0.457 e. The van der Waals surface area contributed by atoms with E-state index in [1.54, 1.807) is 18.2 Å². The molecule has 0 heterocycles. The Bertz CT molecular complexity index is 1060. The number of hydrogen-bond donors (Lipinski definition) is 2. The summed E-state index contributed by atoms with van der Waals surface area (Å²) < 4.78 is 44.3. The molecule has 0 unspecified atom stereocenters. The average molecular weight is 450 g/mol. The molecule has 4 nitrogen and oxygen atoms in total. The van der Waals surface area contributed by atoms with Crippen molar-refractivity contribution < 1.29 is 17.9 Å². The van der Waals surface area contributed by atoms with Crippen LogP contribution in [0.5, 0.6) is 11.5 Å². The van der Waals surface area contributed by atoms with E-state index in [-0.39, 0.29) is 15.8 Å². The van der Waals surface area contributed by atoms with E-state index >= 15 is 0 Å². The third-order valence-corrected chi connectivity index (χ3v) is 4.28. The number of hydrogen-bond acceptors (Lipinski definition) is 3. The monoisotopic (exact) mass is 449 g/mol. The van der Waals surface area contributed by atoms with E-state index in [0.717, 1.165) is 23.8 Å². The van der Waals surface area contributed by atoms with Crippen molar-refractivity contribution in [2.24, 2.45) is 5.10 Å². The third kappa shape index (κ3) is 6.20. The number of benzene rings is 3. The molecule has 2 N–H and O–H groups in total. The van der Waals surface area contributed by atoms with Gasteiger partial charge in [0.15, 0.2) is 5.11 Å². The van der Waals surface area contributed by atoms with Crippen LogP contribution in [0.25, 0.3) is 0 Å². The van der Waals surface area contributed by atoms with Crippen molar-refractivity contribution in [3.63, 3.8) is 0 Å². The van der Waals surface area contributed by atoms with Crippen LogP contribution < -0.4 is 15.5 Å². The Kier molecular flexibility index (Phi) is 6.91. The van der Waals surface area contributed by atoms with Crippen molar-refractivity contribution in [1.82, 2.24) is 5.43 Å². The maximum absolute atomic E-state index is 12.8. The zero-order valence-corrected chi connectivity index (χ0v) is 16.9. The first-order valence-corrected chi connectivity index (χ1v) is 9.40. The van der Waals surface area contributed by atoms with Crippen LogP contribution in [0.1, 0.15) is 11.1 Å². The van der Waals surface area contributed by atoms with Gasteiger partial charge in [0, 0.05) is 0 Å². The predicted octanol–water partition coefficient (Wildman–Crippen LogP) is 6.47. The molecule has 0 aliphatic heterocycles. The van der Waals surface area contributed by atoms with Crippen LogP contribution in [0.15, 0.2) is 77.9 Å². The Morgan fingerprint density at radius 1 is 0.967 bits per heavy atom. The lowest BCUT2D eigenvalue weighted by molar-refractivity contribution is -0.137. The molecular weight excluding hydrogens is 435 g/mol. The molecule has 0 amide bonds. The summed E-state index contributed by atoms with van der Waals surface area (Å²) in [5, 5.41) is 6.68. The second kappa shape index (κ2) is 9.60. The number of nitrogens with zero attached hydrogens (tertiary/aromatic N) is 1. The molecule has 3 aromatic rings. The normalized spacial score (nSPS) is 11.3. The molecular formula is C21H15ClF3N3OS. The summed E-state index contributed by atoms with van der Waals surface area (Å²) in [5.41, 5.74) is 2.46. The molecule has 0 saturated carbocycles. The van der Waals surface area contributed by atoms with Gasteiger partial charge in [0.05, 0.1) is 22.5 Å². The van der Waals surface area contributed by atoms with Gasteiger partial charge in [-0.25, -0.2) is 0 Å².